The highest BCUT2D eigenvalue weighted by Crippen LogP contribution is 2.31. The van der Waals surface area contributed by atoms with Gasteiger partial charge in [0.05, 0.1) is 6.61 Å². The molecule has 1 aromatic heterocycles. The van der Waals surface area contributed by atoms with Crippen molar-refractivity contribution in [3.05, 3.63) is 42.5 Å². The van der Waals surface area contributed by atoms with Crippen LogP contribution in [0.5, 0.6) is 0 Å². The second-order valence-electron chi connectivity index (χ2n) is 12.7. The maximum atomic E-state index is 13.5. The first-order chi connectivity index (χ1) is 24.6. The molecule has 0 radical (unpaired) electrons. The number of nitrogens with zero attached hydrogens (tertiary/aromatic N) is 1. The highest BCUT2D eigenvalue weighted by Gasteiger charge is 2.35. The summed E-state index contributed by atoms with van der Waals surface area (Å²) in [7, 11) is 0. The molecule has 1 heterocycles. The molecule has 0 fully saturated rings. The number of hydrogen-bond donors (Lipinski definition) is 11. The number of rotatable bonds is 19. The van der Waals surface area contributed by atoms with Crippen LogP contribution < -0.4 is 32.3 Å². The van der Waals surface area contributed by atoms with E-state index >= 15 is 0 Å². The summed E-state index contributed by atoms with van der Waals surface area (Å²) in [5.41, 5.74) is 8.30. The lowest BCUT2D eigenvalue weighted by atomic mass is 10.0. The molecule has 0 unspecified atom stereocenters. The zero-order chi connectivity index (χ0) is 38.7. The SMILES string of the molecule is CCn1c2ccccc2c2cc(NC(=O)[C@H](CCCCN)NC(=O)[C@H](C)NC(=O)[C@H](C)NC(=O)[C@H](C)NC(=O)[C@H](O)[C@@H](O)[C@H](O)[C@H](O)CO)ccc21. The minimum atomic E-state index is -2.26. The number of aromatic nitrogens is 1. The lowest BCUT2D eigenvalue weighted by Gasteiger charge is -2.26. The van der Waals surface area contributed by atoms with E-state index in [1.165, 1.54) is 20.8 Å². The standard InChI is InChI=1S/C35H51N7O10/c1-5-42-25-12-7-6-10-22(25)23-16-21(13-14-26(23)42)40-34(51)24(11-8-9-15-36)41-33(50)20(4)38-31(48)18(2)37-32(49)19(3)39-35(52)30(47)29(46)28(45)27(44)17-43/h6-7,10,12-14,16,18-20,24,27-30,43-47H,5,8-9,11,15,17,36H2,1-4H3,(H,37,49)(H,38,48)(H,39,52)(H,40,51)(H,41,50)/t18-,19-,20-,24-,27+,28+,29-,30+/m0/s1. The van der Waals surface area contributed by atoms with Crippen LogP contribution in [0.1, 0.15) is 47.0 Å². The number of hydrogen-bond acceptors (Lipinski definition) is 11. The fraction of sp³-hybridized carbons (Fsp3) is 0.514. The van der Waals surface area contributed by atoms with Crippen LogP contribution in [0, 0.1) is 0 Å². The van der Waals surface area contributed by atoms with E-state index in [0.29, 0.717) is 25.1 Å². The Morgan fingerprint density at radius 1 is 0.712 bits per heavy atom. The van der Waals surface area contributed by atoms with Crippen LogP contribution in [0.2, 0.25) is 0 Å². The first kappa shape index (κ1) is 41.8. The minimum Gasteiger partial charge on any atom is -0.394 e. The van der Waals surface area contributed by atoms with Crippen molar-refractivity contribution in [2.45, 2.75) is 102 Å². The normalized spacial score (nSPS) is 16.1. The van der Waals surface area contributed by atoms with Crippen LogP contribution in [-0.4, -0.2) is 121 Å². The highest BCUT2D eigenvalue weighted by molar-refractivity contribution is 6.10. The summed E-state index contributed by atoms with van der Waals surface area (Å²) in [6, 6.07) is 9.02. The number of fused-ring (bicyclic) bond motifs is 3. The van der Waals surface area contributed by atoms with Crippen molar-refractivity contribution in [3.63, 3.8) is 0 Å². The van der Waals surface area contributed by atoms with Gasteiger partial charge >= 0.3 is 0 Å². The Bertz CT molecular complexity index is 1720. The van der Waals surface area contributed by atoms with Gasteiger partial charge in [0.15, 0.2) is 6.10 Å². The van der Waals surface area contributed by atoms with Gasteiger partial charge in [0.1, 0.15) is 42.5 Å². The van der Waals surface area contributed by atoms with Gasteiger partial charge in [-0.1, -0.05) is 18.2 Å². The van der Waals surface area contributed by atoms with E-state index in [0.717, 1.165) is 28.4 Å². The Morgan fingerprint density at radius 3 is 1.85 bits per heavy atom. The Labute approximate surface area is 300 Å². The van der Waals surface area contributed by atoms with Gasteiger partial charge in [-0.2, -0.15) is 0 Å². The van der Waals surface area contributed by atoms with Gasteiger partial charge in [-0.05, 0) is 77.8 Å². The number of aliphatic hydroxyl groups is 5. The predicted octanol–water partition coefficient (Wildman–Crippen LogP) is -1.68. The van der Waals surface area contributed by atoms with E-state index in [9.17, 15) is 44.4 Å². The number of para-hydroxylation sites is 1. The summed E-state index contributed by atoms with van der Waals surface area (Å²) in [5, 5.41) is 62.5. The molecule has 0 bridgehead atoms. The Kier molecular flexibility index (Phi) is 15.5. The van der Waals surface area contributed by atoms with E-state index in [-0.39, 0.29) is 6.42 Å². The van der Waals surface area contributed by atoms with Gasteiger partial charge in [0.2, 0.25) is 23.6 Å². The first-order valence-electron chi connectivity index (χ1n) is 17.2. The van der Waals surface area contributed by atoms with Crippen LogP contribution in [-0.2, 0) is 30.5 Å². The van der Waals surface area contributed by atoms with Gasteiger partial charge in [-0.3, -0.25) is 24.0 Å². The van der Waals surface area contributed by atoms with Crippen molar-refractivity contribution >= 4 is 57.0 Å². The number of nitrogens with two attached hydrogens (primary N) is 1. The number of benzene rings is 2. The predicted molar refractivity (Wildman–Crippen MR) is 193 cm³/mol. The van der Waals surface area contributed by atoms with Crippen molar-refractivity contribution < 1.29 is 49.5 Å². The molecule has 0 saturated carbocycles. The zero-order valence-electron chi connectivity index (χ0n) is 29.7. The molecule has 0 spiro atoms. The van der Waals surface area contributed by atoms with Gasteiger partial charge in [0, 0.05) is 34.0 Å². The van der Waals surface area contributed by atoms with Gasteiger partial charge in [0.25, 0.3) is 5.91 Å². The summed E-state index contributed by atoms with van der Waals surface area (Å²) in [6.45, 7) is 6.25. The molecule has 5 amide bonds. The van der Waals surface area contributed by atoms with Crippen LogP contribution in [0.15, 0.2) is 42.5 Å². The molecule has 0 aliphatic rings. The van der Waals surface area contributed by atoms with Crippen LogP contribution >= 0.6 is 0 Å². The Morgan fingerprint density at radius 2 is 1.27 bits per heavy atom. The second-order valence-corrected chi connectivity index (χ2v) is 12.7. The fourth-order valence-corrected chi connectivity index (χ4v) is 5.61. The number of anilines is 1. The molecule has 8 atom stereocenters. The van der Waals surface area contributed by atoms with Crippen molar-refractivity contribution in [1.82, 2.24) is 25.8 Å². The molecule has 3 rings (SSSR count). The summed E-state index contributed by atoms with van der Waals surface area (Å²) in [6.07, 6.45) is -6.85. The number of unbranched alkanes of at least 4 members (excludes halogenated alkanes) is 1. The van der Waals surface area contributed by atoms with Crippen molar-refractivity contribution in [2.24, 2.45) is 5.73 Å². The summed E-state index contributed by atoms with van der Waals surface area (Å²) < 4.78 is 2.19. The molecular formula is C35H51N7O10. The molecule has 286 valence electrons. The summed E-state index contributed by atoms with van der Waals surface area (Å²) in [5.74, 6) is -3.98. The van der Waals surface area contributed by atoms with Crippen molar-refractivity contribution in [3.8, 4) is 0 Å². The van der Waals surface area contributed by atoms with Gasteiger partial charge < -0.3 is 62.4 Å². The monoisotopic (exact) mass is 729 g/mol. The summed E-state index contributed by atoms with van der Waals surface area (Å²) in [4.78, 5) is 64.4. The van der Waals surface area contributed by atoms with Crippen LogP contribution in [0.3, 0.4) is 0 Å². The lowest BCUT2D eigenvalue weighted by Crippen LogP contribution is -2.57. The van der Waals surface area contributed by atoms with Gasteiger partial charge in [-0.15, -0.1) is 0 Å². The van der Waals surface area contributed by atoms with Crippen molar-refractivity contribution in [2.75, 3.05) is 18.5 Å². The summed E-state index contributed by atoms with van der Waals surface area (Å²) >= 11 is 0. The number of aryl methyl sites for hydroxylation is 1. The molecule has 0 aliphatic heterocycles. The highest BCUT2D eigenvalue weighted by atomic mass is 16.4. The van der Waals surface area contributed by atoms with E-state index in [2.05, 4.69) is 38.1 Å². The average molecular weight is 730 g/mol. The third kappa shape index (κ3) is 10.5. The van der Waals surface area contributed by atoms with Crippen molar-refractivity contribution in [1.29, 1.82) is 0 Å². The zero-order valence-corrected chi connectivity index (χ0v) is 29.7. The number of carbonyl (C=O) groups excluding carboxylic acids is 5. The largest absolute Gasteiger partial charge is 0.394 e. The molecule has 17 nitrogen and oxygen atoms in total. The third-order valence-electron chi connectivity index (χ3n) is 8.72. The topological polar surface area (TPSA) is 278 Å². The van der Waals surface area contributed by atoms with E-state index in [4.69, 9.17) is 10.8 Å². The average Bonchev–Trinajstić information content (AvgIpc) is 3.45. The lowest BCUT2D eigenvalue weighted by molar-refractivity contribution is -0.150. The molecular weight excluding hydrogens is 678 g/mol. The number of carbonyl (C=O) groups is 5. The second kappa shape index (κ2) is 19.3. The van der Waals surface area contributed by atoms with Crippen LogP contribution in [0.25, 0.3) is 21.8 Å². The molecule has 2 aromatic carbocycles. The van der Waals surface area contributed by atoms with Gasteiger partial charge in [-0.25, -0.2) is 0 Å². The van der Waals surface area contributed by atoms with E-state index in [1.807, 2.05) is 36.4 Å². The first-order valence-corrected chi connectivity index (χ1v) is 17.2. The molecule has 0 saturated heterocycles. The Balaban J connectivity index is 1.59. The smallest absolute Gasteiger partial charge is 0.252 e. The fourth-order valence-electron chi connectivity index (χ4n) is 5.61. The molecule has 17 heteroatoms. The Hall–Kier alpha value is -4.65. The minimum absolute atomic E-state index is 0.287. The molecule has 12 N–H and O–H groups in total. The molecule has 3 aromatic rings. The molecule has 0 aliphatic carbocycles. The number of amides is 5. The maximum absolute atomic E-state index is 13.5. The van der Waals surface area contributed by atoms with E-state index < -0.39 is 84.7 Å². The molecule has 52 heavy (non-hydrogen) atoms. The number of aliphatic hydroxyl groups excluding tert-OH is 5. The van der Waals surface area contributed by atoms with E-state index in [1.54, 1.807) is 6.07 Å². The maximum Gasteiger partial charge on any atom is 0.252 e. The number of nitrogens with one attached hydrogen (secondary N) is 5. The third-order valence-corrected chi connectivity index (χ3v) is 8.72. The van der Waals surface area contributed by atoms with Crippen LogP contribution in [0.4, 0.5) is 5.69 Å². The quantitative estimate of drug-likeness (QED) is 0.0620.